The molecular weight excluding hydrogens is 417 g/mol. The van der Waals surface area contributed by atoms with E-state index in [1.807, 2.05) is 18.2 Å². The van der Waals surface area contributed by atoms with Crippen LogP contribution >= 0.6 is 46.3 Å². The molecule has 27 heavy (non-hydrogen) atoms. The van der Waals surface area contributed by atoms with E-state index in [1.54, 1.807) is 23.1 Å². The molecule has 1 aliphatic rings. The number of benzene rings is 1. The normalized spacial score (nSPS) is 16.1. The monoisotopic (exact) mass is 437 g/mol. The number of halogens is 2. The fraction of sp³-hybridized carbons (Fsp3) is 0.400. The Morgan fingerprint density at radius 2 is 1.93 bits per heavy atom. The second-order valence-corrected chi connectivity index (χ2v) is 9.70. The van der Waals surface area contributed by atoms with Gasteiger partial charge in [0.2, 0.25) is 0 Å². The van der Waals surface area contributed by atoms with E-state index in [0.29, 0.717) is 0 Å². The van der Waals surface area contributed by atoms with Crippen LogP contribution in [0.2, 0.25) is 10.0 Å². The number of thioether (sulfide) groups is 1. The van der Waals surface area contributed by atoms with Gasteiger partial charge in [0, 0.05) is 22.7 Å². The second kappa shape index (κ2) is 7.78. The van der Waals surface area contributed by atoms with Crippen molar-refractivity contribution < 1.29 is 0 Å². The summed E-state index contributed by atoms with van der Waals surface area (Å²) in [4.78, 5) is 1.25. The number of thiophene rings is 1. The quantitative estimate of drug-likeness (QED) is 0.418. The molecule has 2 aromatic heterocycles. The van der Waals surface area contributed by atoms with E-state index in [4.69, 9.17) is 23.2 Å². The van der Waals surface area contributed by atoms with Crippen LogP contribution in [0.5, 0.6) is 0 Å². The molecule has 1 aromatic carbocycles. The van der Waals surface area contributed by atoms with Crippen LogP contribution in [0.3, 0.4) is 0 Å². The van der Waals surface area contributed by atoms with Crippen molar-refractivity contribution in [1.29, 1.82) is 0 Å². The van der Waals surface area contributed by atoms with Crippen molar-refractivity contribution in [1.82, 2.24) is 14.8 Å². The highest BCUT2D eigenvalue weighted by atomic mass is 35.5. The molecule has 0 radical (unpaired) electrons. The summed E-state index contributed by atoms with van der Waals surface area (Å²) >= 11 is 16.4. The number of hydrogen-bond acceptors (Lipinski definition) is 4. The van der Waals surface area contributed by atoms with Crippen molar-refractivity contribution in [3.63, 3.8) is 0 Å². The van der Waals surface area contributed by atoms with E-state index in [2.05, 4.69) is 40.2 Å². The van der Waals surface area contributed by atoms with Crippen molar-refractivity contribution in [3.05, 3.63) is 61.5 Å². The first-order chi connectivity index (χ1) is 13.0. The van der Waals surface area contributed by atoms with E-state index in [9.17, 15) is 0 Å². The van der Waals surface area contributed by atoms with Gasteiger partial charge in [-0.1, -0.05) is 66.0 Å². The molecule has 0 saturated heterocycles. The van der Waals surface area contributed by atoms with Crippen LogP contribution in [0.1, 0.15) is 47.5 Å². The Bertz CT molecular complexity index is 958. The summed E-state index contributed by atoms with van der Waals surface area (Å²) in [5, 5.41) is 13.9. The van der Waals surface area contributed by atoms with Gasteiger partial charge in [0.05, 0.1) is 10.4 Å². The molecule has 0 aliphatic heterocycles. The third-order valence-corrected chi connectivity index (χ3v) is 8.71. The summed E-state index contributed by atoms with van der Waals surface area (Å²) in [6.07, 6.45) is 4.55. The summed E-state index contributed by atoms with van der Waals surface area (Å²) in [5.41, 5.74) is 2.15. The average molecular weight is 438 g/mol. The highest BCUT2D eigenvalue weighted by Gasteiger charge is 2.44. The van der Waals surface area contributed by atoms with Crippen LogP contribution in [0.15, 0.2) is 34.8 Å². The number of aryl methyl sites for hydroxylation is 1. The van der Waals surface area contributed by atoms with Gasteiger partial charge in [-0.3, -0.25) is 0 Å². The van der Waals surface area contributed by atoms with Gasteiger partial charge in [-0.05, 0) is 42.3 Å². The zero-order valence-electron chi connectivity index (χ0n) is 15.3. The minimum Gasteiger partial charge on any atom is -0.308 e. The zero-order valence-corrected chi connectivity index (χ0v) is 18.5. The lowest BCUT2D eigenvalue weighted by Gasteiger charge is -2.27. The van der Waals surface area contributed by atoms with Crippen LogP contribution in [-0.2, 0) is 18.2 Å². The van der Waals surface area contributed by atoms with Crippen LogP contribution in [-0.4, -0.2) is 14.8 Å². The first-order valence-electron chi connectivity index (χ1n) is 9.03. The number of hydrogen-bond donors (Lipinski definition) is 0. The lowest BCUT2D eigenvalue weighted by Crippen LogP contribution is -2.27. The summed E-state index contributed by atoms with van der Waals surface area (Å²) < 4.78 is 2.15. The lowest BCUT2D eigenvalue weighted by atomic mass is 9.83. The minimum atomic E-state index is -0.110. The molecule has 0 unspecified atom stereocenters. The molecule has 0 spiro atoms. The zero-order chi connectivity index (χ0) is 19.0. The van der Waals surface area contributed by atoms with Crippen LogP contribution in [0, 0.1) is 6.92 Å². The summed E-state index contributed by atoms with van der Waals surface area (Å²) in [6.45, 7) is 2.08. The molecule has 1 fully saturated rings. The Balaban J connectivity index is 1.66. The van der Waals surface area contributed by atoms with Gasteiger partial charge in [-0.15, -0.1) is 21.5 Å². The molecule has 0 N–H and O–H groups in total. The fourth-order valence-electron chi connectivity index (χ4n) is 3.90. The van der Waals surface area contributed by atoms with E-state index in [1.165, 1.54) is 17.7 Å². The third kappa shape index (κ3) is 3.44. The predicted octanol–water partition coefficient (Wildman–Crippen LogP) is 6.64. The molecule has 4 rings (SSSR count). The minimum absolute atomic E-state index is 0.110. The number of aromatic nitrogens is 3. The van der Waals surface area contributed by atoms with Gasteiger partial charge >= 0.3 is 0 Å². The highest BCUT2D eigenvalue weighted by Crippen LogP contribution is 2.51. The molecule has 0 bridgehead atoms. The molecule has 7 heteroatoms. The SMILES string of the molecule is Cc1csc(C2(c3nnc(SCc4ccccc4Cl)n3C)CCCC2)c1Cl. The first kappa shape index (κ1) is 19.3. The Morgan fingerprint density at radius 1 is 1.19 bits per heavy atom. The average Bonchev–Trinajstić information content (AvgIpc) is 3.36. The molecule has 142 valence electrons. The summed E-state index contributed by atoms with van der Waals surface area (Å²) in [5.74, 6) is 1.81. The van der Waals surface area contributed by atoms with Gasteiger partial charge in [-0.25, -0.2) is 0 Å². The maximum absolute atomic E-state index is 6.68. The molecule has 1 saturated carbocycles. The van der Waals surface area contributed by atoms with Crippen molar-refractivity contribution in [2.24, 2.45) is 7.05 Å². The summed E-state index contributed by atoms with van der Waals surface area (Å²) in [6, 6.07) is 7.94. The number of nitrogens with zero attached hydrogens (tertiary/aromatic N) is 3. The second-order valence-electron chi connectivity index (χ2n) is 7.10. The van der Waals surface area contributed by atoms with Gasteiger partial charge in [0.1, 0.15) is 5.82 Å². The molecule has 2 heterocycles. The Morgan fingerprint density at radius 3 is 2.59 bits per heavy atom. The molecule has 0 atom stereocenters. The van der Waals surface area contributed by atoms with E-state index in [0.717, 1.165) is 50.7 Å². The number of rotatable bonds is 5. The maximum Gasteiger partial charge on any atom is 0.191 e. The molecule has 0 amide bonds. The standard InChI is InChI=1S/C20H21Cl2N3S2/c1-13-11-26-17(16(13)22)20(9-5-6-10-20)18-23-24-19(25(18)2)27-12-14-7-3-4-8-15(14)21/h3-4,7-8,11H,5-6,9-10,12H2,1-2H3. The first-order valence-corrected chi connectivity index (χ1v) is 11.7. The van der Waals surface area contributed by atoms with Crippen LogP contribution < -0.4 is 0 Å². The van der Waals surface area contributed by atoms with Crippen LogP contribution in [0.4, 0.5) is 0 Å². The Labute approximate surface area is 178 Å². The Hall–Kier alpha value is -1.01. The molecule has 1 aliphatic carbocycles. The summed E-state index contributed by atoms with van der Waals surface area (Å²) in [7, 11) is 2.07. The molecular formula is C20H21Cl2N3S2. The van der Waals surface area contributed by atoms with E-state index >= 15 is 0 Å². The van der Waals surface area contributed by atoms with Crippen molar-refractivity contribution in [2.45, 2.75) is 48.9 Å². The van der Waals surface area contributed by atoms with Gasteiger partial charge < -0.3 is 4.57 Å². The largest absolute Gasteiger partial charge is 0.308 e. The van der Waals surface area contributed by atoms with E-state index in [-0.39, 0.29) is 5.41 Å². The fourth-order valence-corrected chi connectivity index (χ4v) is 6.73. The highest BCUT2D eigenvalue weighted by molar-refractivity contribution is 7.98. The van der Waals surface area contributed by atoms with Gasteiger partial charge in [0.15, 0.2) is 5.16 Å². The van der Waals surface area contributed by atoms with Crippen LogP contribution in [0.25, 0.3) is 0 Å². The third-order valence-electron chi connectivity index (χ3n) is 5.37. The van der Waals surface area contributed by atoms with Gasteiger partial charge in [-0.2, -0.15) is 0 Å². The molecule has 3 nitrogen and oxygen atoms in total. The van der Waals surface area contributed by atoms with Crippen molar-refractivity contribution in [2.75, 3.05) is 0 Å². The molecule has 3 aromatic rings. The van der Waals surface area contributed by atoms with E-state index < -0.39 is 0 Å². The topological polar surface area (TPSA) is 30.7 Å². The Kier molecular flexibility index (Phi) is 5.57. The predicted molar refractivity (Wildman–Crippen MR) is 115 cm³/mol. The van der Waals surface area contributed by atoms with Gasteiger partial charge in [0.25, 0.3) is 0 Å². The van der Waals surface area contributed by atoms with Crippen molar-refractivity contribution >= 4 is 46.3 Å². The van der Waals surface area contributed by atoms with Crippen molar-refractivity contribution in [3.8, 4) is 0 Å². The lowest BCUT2D eigenvalue weighted by molar-refractivity contribution is 0.484. The smallest absolute Gasteiger partial charge is 0.191 e. The maximum atomic E-state index is 6.68.